The zero-order valence-electron chi connectivity index (χ0n) is 8.79. The van der Waals surface area contributed by atoms with Crippen LogP contribution < -0.4 is 10.6 Å². The third-order valence-corrected chi connectivity index (χ3v) is 4.10. The highest BCUT2D eigenvalue weighted by atomic mass is 32.2. The molecule has 0 aromatic carbocycles. The minimum absolute atomic E-state index is 0.0281. The Morgan fingerprint density at radius 2 is 2.27 bits per heavy atom. The Morgan fingerprint density at radius 3 is 2.87 bits per heavy atom. The molecular weight excluding hydrogens is 212 g/mol. The van der Waals surface area contributed by atoms with E-state index in [4.69, 9.17) is 0 Å². The number of aliphatic hydroxyl groups is 1. The van der Waals surface area contributed by atoms with Gasteiger partial charge in [0.05, 0.1) is 11.6 Å². The number of amides is 1. The molecule has 1 atom stereocenters. The van der Waals surface area contributed by atoms with Gasteiger partial charge >= 0.3 is 0 Å². The predicted molar refractivity (Wildman–Crippen MR) is 60.7 cm³/mol. The standard InChI is InChI=1S/C10H18N2O2S/c13-9(8-5-15-7-12-8)11-6-10(14)3-1-2-4-10/h8,12,14H,1-7H2,(H,11,13). The Kier molecular flexibility index (Phi) is 3.53. The lowest BCUT2D eigenvalue weighted by atomic mass is 10.0. The highest BCUT2D eigenvalue weighted by molar-refractivity contribution is 7.99. The minimum Gasteiger partial charge on any atom is -0.388 e. The fraction of sp³-hybridized carbons (Fsp3) is 0.900. The molecule has 0 spiro atoms. The van der Waals surface area contributed by atoms with Crippen LogP contribution in [-0.2, 0) is 4.79 Å². The number of rotatable bonds is 3. The molecule has 3 N–H and O–H groups in total. The summed E-state index contributed by atoms with van der Waals surface area (Å²) in [6.45, 7) is 0.411. The third-order valence-electron chi connectivity index (χ3n) is 3.16. The van der Waals surface area contributed by atoms with Gasteiger partial charge in [-0.25, -0.2) is 0 Å². The first-order chi connectivity index (χ1) is 7.20. The van der Waals surface area contributed by atoms with Crippen LogP contribution in [0.5, 0.6) is 0 Å². The predicted octanol–water partition coefficient (Wildman–Crippen LogP) is 0.0702. The van der Waals surface area contributed by atoms with Gasteiger partial charge in [0.2, 0.25) is 5.91 Å². The molecule has 5 heteroatoms. The first-order valence-corrected chi connectivity index (χ1v) is 6.66. The molecule has 1 saturated heterocycles. The van der Waals surface area contributed by atoms with Crippen molar-refractivity contribution in [2.24, 2.45) is 0 Å². The van der Waals surface area contributed by atoms with Crippen LogP contribution in [-0.4, -0.2) is 40.8 Å². The van der Waals surface area contributed by atoms with E-state index in [1.807, 2.05) is 0 Å². The molecule has 1 unspecified atom stereocenters. The van der Waals surface area contributed by atoms with Crippen LogP contribution in [0.15, 0.2) is 0 Å². The molecule has 1 amide bonds. The topological polar surface area (TPSA) is 61.4 Å². The molecular formula is C10H18N2O2S. The quantitative estimate of drug-likeness (QED) is 0.642. The first kappa shape index (κ1) is 11.2. The molecule has 4 nitrogen and oxygen atoms in total. The second-order valence-electron chi connectivity index (χ2n) is 4.42. The van der Waals surface area contributed by atoms with E-state index in [-0.39, 0.29) is 11.9 Å². The SMILES string of the molecule is O=C(NCC1(O)CCCC1)C1CSCN1. The fourth-order valence-electron chi connectivity index (χ4n) is 2.15. The van der Waals surface area contributed by atoms with Crippen LogP contribution >= 0.6 is 11.8 Å². The molecule has 86 valence electrons. The molecule has 15 heavy (non-hydrogen) atoms. The second-order valence-corrected chi connectivity index (χ2v) is 5.45. The van der Waals surface area contributed by atoms with E-state index in [1.165, 1.54) is 0 Å². The van der Waals surface area contributed by atoms with Crippen molar-refractivity contribution in [2.45, 2.75) is 37.3 Å². The molecule has 0 radical (unpaired) electrons. The largest absolute Gasteiger partial charge is 0.388 e. The monoisotopic (exact) mass is 230 g/mol. The number of hydrogen-bond donors (Lipinski definition) is 3. The van der Waals surface area contributed by atoms with Gasteiger partial charge in [0.15, 0.2) is 0 Å². The van der Waals surface area contributed by atoms with Crippen LogP contribution in [0.25, 0.3) is 0 Å². The summed E-state index contributed by atoms with van der Waals surface area (Å²) >= 11 is 1.73. The Hall–Kier alpha value is -0.260. The van der Waals surface area contributed by atoms with Crippen molar-refractivity contribution in [1.82, 2.24) is 10.6 Å². The normalized spacial score (nSPS) is 29.3. The van der Waals surface area contributed by atoms with Gasteiger partial charge in [0.1, 0.15) is 0 Å². The van der Waals surface area contributed by atoms with Crippen LogP contribution in [0.2, 0.25) is 0 Å². The number of carbonyl (C=O) groups is 1. The van der Waals surface area contributed by atoms with Gasteiger partial charge < -0.3 is 10.4 Å². The molecule has 2 rings (SSSR count). The average molecular weight is 230 g/mol. The van der Waals surface area contributed by atoms with E-state index in [0.717, 1.165) is 37.3 Å². The van der Waals surface area contributed by atoms with Gasteiger partial charge in [-0.3, -0.25) is 10.1 Å². The van der Waals surface area contributed by atoms with E-state index >= 15 is 0 Å². The van der Waals surface area contributed by atoms with Crippen LogP contribution in [0.3, 0.4) is 0 Å². The summed E-state index contributed by atoms with van der Waals surface area (Å²) < 4.78 is 0. The maximum Gasteiger partial charge on any atom is 0.238 e. The summed E-state index contributed by atoms with van der Waals surface area (Å²) in [5.41, 5.74) is -0.637. The summed E-state index contributed by atoms with van der Waals surface area (Å²) in [6, 6.07) is -0.0694. The van der Waals surface area contributed by atoms with Gasteiger partial charge in [-0.15, -0.1) is 11.8 Å². The van der Waals surface area contributed by atoms with Crippen molar-refractivity contribution in [2.75, 3.05) is 18.2 Å². The van der Waals surface area contributed by atoms with Crippen LogP contribution in [0.1, 0.15) is 25.7 Å². The van der Waals surface area contributed by atoms with E-state index in [9.17, 15) is 9.90 Å². The number of hydrogen-bond acceptors (Lipinski definition) is 4. The van der Waals surface area contributed by atoms with Crippen molar-refractivity contribution >= 4 is 17.7 Å². The highest BCUT2D eigenvalue weighted by Crippen LogP contribution is 2.28. The summed E-state index contributed by atoms with van der Waals surface area (Å²) in [6.07, 6.45) is 3.79. The molecule has 1 aliphatic heterocycles. The number of nitrogens with one attached hydrogen (secondary N) is 2. The van der Waals surface area contributed by atoms with E-state index in [2.05, 4.69) is 10.6 Å². The molecule has 2 aliphatic rings. The Morgan fingerprint density at radius 1 is 1.53 bits per heavy atom. The van der Waals surface area contributed by atoms with Gasteiger partial charge in [0, 0.05) is 18.2 Å². The highest BCUT2D eigenvalue weighted by Gasteiger charge is 2.32. The van der Waals surface area contributed by atoms with E-state index in [0.29, 0.717) is 6.54 Å². The van der Waals surface area contributed by atoms with E-state index < -0.39 is 5.60 Å². The molecule has 1 heterocycles. The molecule has 1 aliphatic carbocycles. The average Bonchev–Trinajstić information content (AvgIpc) is 2.85. The number of carbonyl (C=O) groups excluding carboxylic acids is 1. The molecule has 0 aromatic heterocycles. The number of thioether (sulfide) groups is 1. The molecule has 0 aromatic rings. The van der Waals surface area contributed by atoms with Crippen molar-refractivity contribution in [3.8, 4) is 0 Å². The lowest BCUT2D eigenvalue weighted by molar-refractivity contribution is -0.123. The van der Waals surface area contributed by atoms with Gasteiger partial charge in [-0.05, 0) is 12.8 Å². The molecule has 2 fully saturated rings. The third kappa shape index (κ3) is 2.86. The Labute approximate surface area is 94.2 Å². The summed E-state index contributed by atoms with van der Waals surface area (Å²) in [5.74, 6) is 1.72. The summed E-state index contributed by atoms with van der Waals surface area (Å²) in [4.78, 5) is 11.6. The van der Waals surface area contributed by atoms with Gasteiger partial charge in [-0.2, -0.15) is 0 Å². The molecule has 0 bridgehead atoms. The lowest BCUT2D eigenvalue weighted by Gasteiger charge is -2.23. The summed E-state index contributed by atoms with van der Waals surface area (Å²) in [5, 5.41) is 16.0. The van der Waals surface area contributed by atoms with Crippen LogP contribution in [0.4, 0.5) is 0 Å². The van der Waals surface area contributed by atoms with E-state index in [1.54, 1.807) is 11.8 Å². The summed E-state index contributed by atoms with van der Waals surface area (Å²) in [7, 11) is 0. The Balaban J connectivity index is 1.74. The van der Waals surface area contributed by atoms with Crippen molar-refractivity contribution in [3.05, 3.63) is 0 Å². The molecule has 1 saturated carbocycles. The van der Waals surface area contributed by atoms with Crippen molar-refractivity contribution in [1.29, 1.82) is 0 Å². The van der Waals surface area contributed by atoms with Gasteiger partial charge in [-0.1, -0.05) is 12.8 Å². The van der Waals surface area contributed by atoms with Crippen molar-refractivity contribution < 1.29 is 9.90 Å². The first-order valence-electron chi connectivity index (χ1n) is 5.51. The van der Waals surface area contributed by atoms with Crippen LogP contribution in [0, 0.1) is 0 Å². The zero-order valence-corrected chi connectivity index (χ0v) is 9.61. The maximum absolute atomic E-state index is 11.6. The van der Waals surface area contributed by atoms with Gasteiger partial charge in [0.25, 0.3) is 0 Å². The maximum atomic E-state index is 11.6. The Bertz CT molecular complexity index is 236. The van der Waals surface area contributed by atoms with Crippen molar-refractivity contribution in [3.63, 3.8) is 0 Å². The minimum atomic E-state index is -0.637. The zero-order chi connectivity index (χ0) is 10.7. The smallest absolute Gasteiger partial charge is 0.238 e. The fourth-order valence-corrected chi connectivity index (χ4v) is 3.09. The second kappa shape index (κ2) is 4.72. The lowest BCUT2D eigenvalue weighted by Crippen LogP contribution is -2.47.